The van der Waals surface area contributed by atoms with E-state index < -0.39 is 11.8 Å². The van der Waals surface area contributed by atoms with Gasteiger partial charge in [0.05, 0.1) is 18.5 Å². The van der Waals surface area contributed by atoms with Crippen molar-refractivity contribution in [2.45, 2.75) is 25.1 Å². The predicted molar refractivity (Wildman–Crippen MR) is 71.3 cm³/mol. The van der Waals surface area contributed by atoms with Gasteiger partial charge in [-0.15, -0.1) is 0 Å². The molecule has 0 aliphatic carbocycles. The molecule has 21 heavy (non-hydrogen) atoms. The summed E-state index contributed by atoms with van der Waals surface area (Å²) in [5.74, 6) is 0.523. The molecule has 8 heteroatoms. The number of alkyl halides is 3. The fourth-order valence-corrected chi connectivity index (χ4v) is 2.67. The van der Waals surface area contributed by atoms with Crippen LogP contribution in [-0.2, 0) is 11.2 Å². The van der Waals surface area contributed by atoms with Gasteiger partial charge in [-0.05, 0) is 12.0 Å². The topological polar surface area (TPSA) is 54.0 Å². The molecule has 0 aromatic carbocycles. The lowest BCUT2D eigenvalue weighted by Crippen LogP contribution is -2.70. The minimum Gasteiger partial charge on any atom is -0.365 e. The molecule has 1 saturated heterocycles. The van der Waals surface area contributed by atoms with Crippen LogP contribution in [0, 0.1) is 0 Å². The Balaban J connectivity index is 1.96. The standard InChI is InChI=1S/C13H15F3N4O/c1-3-8-4-17-10-9(8)11(19-7-18-10)20-5-12(6-20,21-2)13(14,15)16/h4,7H,3,5-6H2,1-2H3,(H,17,18,19). The molecule has 3 heterocycles. The number of ether oxygens (including phenoxy) is 1. The Morgan fingerprint density at radius 1 is 1.38 bits per heavy atom. The summed E-state index contributed by atoms with van der Waals surface area (Å²) in [6.45, 7) is 1.46. The number of aromatic amines is 1. The Bertz CT molecular complexity index is 661. The number of rotatable bonds is 3. The largest absolute Gasteiger partial charge is 0.420 e. The molecule has 5 nitrogen and oxygen atoms in total. The van der Waals surface area contributed by atoms with E-state index in [1.54, 1.807) is 4.90 Å². The predicted octanol–water partition coefficient (Wildman–Crippen LogP) is 2.29. The summed E-state index contributed by atoms with van der Waals surface area (Å²) in [5.41, 5.74) is -0.478. The summed E-state index contributed by atoms with van der Waals surface area (Å²) in [4.78, 5) is 12.9. The zero-order valence-electron chi connectivity index (χ0n) is 11.7. The first-order valence-corrected chi connectivity index (χ1v) is 6.59. The second kappa shape index (κ2) is 4.59. The molecular weight excluding hydrogens is 285 g/mol. The van der Waals surface area contributed by atoms with Crippen molar-refractivity contribution in [3.8, 4) is 0 Å². The molecule has 0 radical (unpaired) electrons. The van der Waals surface area contributed by atoms with E-state index in [1.807, 2.05) is 13.1 Å². The molecule has 1 aliphatic rings. The van der Waals surface area contributed by atoms with Gasteiger partial charge in [-0.1, -0.05) is 6.92 Å². The van der Waals surface area contributed by atoms with E-state index in [4.69, 9.17) is 4.74 Å². The van der Waals surface area contributed by atoms with Crippen LogP contribution in [0.25, 0.3) is 11.0 Å². The number of methoxy groups -OCH3 is 1. The van der Waals surface area contributed by atoms with Crippen LogP contribution in [0.3, 0.4) is 0 Å². The zero-order valence-corrected chi connectivity index (χ0v) is 11.7. The average molecular weight is 300 g/mol. The maximum absolute atomic E-state index is 13.1. The van der Waals surface area contributed by atoms with Gasteiger partial charge in [0.1, 0.15) is 17.8 Å². The fourth-order valence-electron chi connectivity index (χ4n) is 2.67. The number of hydrogen-bond acceptors (Lipinski definition) is 4. The van der Waals surface area contributed by atoms with E-state index in [0.29, 0.717) is 11.5 Å². The number of H-pyrrole nitrogens is 1. The van der Waals surface area contributed by atoms with Gasteiger partial charge in [-0.2, -0.15) is 13.2 Å². The van der Waals surface area contributed by atoms with Crippen molar-refractivity contribution < 1.29 is 17.9 Å². The van der Waals surface area contributed by atoms with E-state index in [1.165, 1.54) is 6.33 Å². The summed E-state index contributed by atoms with van der Waals surface area (Å²) in [6, 6.07) is 0. The Morgan fingerprint density at radius 2 is 2.10 bits per heavy atom. The number of halogens is 3. The number of aromatic nitrogens is 3. The SMILES string of the molecule is CCc1c[nH]c2ncnc(N3CC(OC)(C(F)(F)F)C3)c12. The third-order valence-corrected chi connectivity index (χ3v) is 4.01. The second-order valence-corrected chi connectivity index (χ2v) is 5.14. The van der Waals surface area contributed by atoms with Crippen molar-refractivity contribution >= 4 is 16.9 Å². The first-order chi connectivity index (χ1) is 9.92. The highest BCUT2D eigenvalue weighted by atomic mass is 19.4. The molecular formula is C13H15F3N4O. The summed E-state index contributed by atoms with van der Waals surface area (Å²) in [7, 11) is 1.09. The quantitative estimate of drug-likeness (QED) is 0.945. The molecule has 0 atom stereocenters. The molecule has 0 spiro atoms. The molecule has 1 aliphatic heterocycles. The fraction of sp³-hybridized carbons (Fsp3) is 0.538. The van der Waals surface area contributed by atoms with Crippen molar-refractivity contribution in [2.24, 2.45) is 0 Å². The molecule has 3 rings (SSSR count). The molecule has 0 amide bonds. The van der Waals surface area contributed by atoms with Crippen molar-refractivity contribution in [1.82, 2.24) is 15.0 Å². The van der Waals surface area contributed by atoms with Crippen LogP contribution in [0.1, 0.15) is 12.5 Å². The molecule has 2 aromatic heterocycles. The summed E-state index contributed by atoms with van der Waals surface area (Å²) in [5, 5.41) is 0.784. The summed E-state index contributed by atoms with van der Waals surface area (Å²) in [6.07, 6.45) is -0.469. The van der Waals surface area contributed by atoms with Gasteiger partial charge in [-0.25, -0.2) is 9.97 Å². The third kappa shape index (κ3) is 1.97. The third-order valence-electron chi connectivity index (χ3n) is 4.01. The minimum atomic E-state index is -4.39. The molecule has 1 fully saturated rings. The Labute approximate surface area is 119 Å². The molecule has 0 saturated carbocycles. The van der Waals surface area contributed by atoms with Gasteiger partial charge in [-0.3, -0.25) is 0 Å². The van der Waals surface area contributed by atoms with Crippen molar-refractivity contribution in [3.63, 3.8) is 0 Å². The number of aryl methyl sites for hydroxylation is 1. The average Bonchev–Trinajstić information content (AvgIpc) is 2.80. The van der Waals surface area contributed by atoms with E-state index in [-0.39, 0.29) is 13.1 Å². The highest BCUT2D eigenvalue weighted by Crippen LogP contribution is 2.43. The number of nitrogens with one attached hydrogen (secondary N) is 1. The maximum atomic E-state index is 13.1. The van der Waals surface area contributed by atoms with Crippen LogP contribution in [-0.4, -0.2) is 46.9 Å². The first kappa shape index (κ1) is 14.1. The van der Waals surface area contributed by atoms with E-state index in [0.717, 1.165) is 24.5 Å². The number of fused-ring (bicyclic) bond motifs is 1. The van der Waals surface area contributed by atoms with E-state index in [2.05, 4.69) is 15.0 Å². The van der Waals surface area contributed by atoms with Crippen LogP contribution >= 0.6 is 0 Å². The number of nitrogens with zero attached hydrogens (tertiary/aromatic N) is 3. The van der Waals surface area contributed by atoms with E-state index >= 15 is 0 Å². The van der Waals surface area contributed by atoms with Crippen LogP contribution in [0.15, 0.2) is 12.5 Å². The zero-order chi connectivity index (χ0) is 15.3. The molecule has 0 unspecified atom stereocenters. The van der Waals surface area contributed by atoms with Crippen LogP contribution in [0.2, 0.25) is 0 Å². The molecule has 1 N–H and O–H groups in total. The smallest absolute Gasteiger partial charge is 0.365 e. The van der Waals surface area contributed by atoms with E-state index in [9.17, 15) is 13.2 Å². The van der Waals surface area contributed by atoms with Gasteiger partial charge in [0.15, 0.2) is 5.60 Å². The van der Waals surface area contributed by atoms with Crippen LogP contribution < -0.4 is 4.90 Å². The molecule has 0 bridgehead atoms. The van der Waals surface area contributed by atoms with Gasteiger partial charge >= 0.3 is 6.18 Å². The van der Waals surface area contributed by atoms with Crippen molar-refractivity contribution in [1.29, 1.82) is 0 Å². The van der Waals surface area contributed by atoms with Crippen molar-refractivity contribution in [3.05, 3.63) is 18.1 Å². The monoisotopic (exact) mass is 300 g/mol. The normalized spacial score (nSPS) is 18.0. The Hall–Kier alpha value is -1.83. The highest BCUT2D eigenvalue weighted by Gasteiger charge is 2.63. The van der Waals surface area contributed by atoms with Gasteiger partial charge < -0.3 is 14.6 Å². The highest BCUT2D eigenvalue weighted by molar-refractivity contribution is 5.91. The van der Waals surface area contributed by atoms with Crippen LogP contribution in [0.4, 0.5) is 19.0 Å². The number of anilines is 1. The molecule has 114 valence electrons. The van der Waals surface area contributed by atoms with Gasteiger partial charge in [0.25, 0.3) is 0 Å². The Kier molecular flexibility index (Phi) is 3.09. The lowest BCUT2D eigenvalue weighted by atomic mass is 9.92. The van der Waals surface area contributed by atoms with Gasteiger partial charge in [0.2, 0.25) is 0 Å². The van der Waals surface area contributed by atoms with Crippen molar-refractivity contribution in [2.75, 3.05) is 25.1 Å². The Morgan fingerprint density at radius 3 is 2.67 bits per heavy atom. The maximum Gasteiger partial charge on any atom is 0.420 e. The lowest BCUT2D eigenvalue weighted by Gasteiger charge is -2.50. The first-order valence-electron chi connectivity index (χ1n) is 6.59. The minimum absolute atomic E-state index is 0.257. The van der Waals surface area contributed by atoms with Crippen LogP contribution in [0.5, 0.6) is 0 Å². The number of hydrogen-bond donors (Lipinski definition) is 1. The second-order valence-electron chi connectivity index (χ2n) is 5.14. The molecule has 2 aromatic rings. The summed E-state index contributed by atoms with van der Waals surface area (Å²) >= 11 is 0. The summed E-state index contributed by atoms with van der Waals surface area (Å²) < 4.78 is 43.9. The van der Waals surface area contributed by atoms with Gasteiger partial charge in [0, 0.05) is 13.3 Å². The lowest BCUT2D eigenvalue weighted by molar-refractivity contribution is -0.277.